The second kappa shape index (κ2) is 4.70. The molecule has 1 aliphatic carbocycles. The molecule has 1 nitrogen and oxygen atoms in total. The quantitative estimate of drug-likeness (QED) is 0.733. The van der Waals surface area contributed by atoms with Crippen molar-refractivity contribution in [2.45, 2.75) is 56.9 Å². The summed E-state index contributed by atoms with van der Waals surface area (Å²) < 4.78 is 0. The molecule has 0 spiro atoms. The Labute approximate surface area is 86.0 Å². The van der Waals surface area contributed by atoms with E-state index in [1.165, 1.54) is 44.3 Å². The third-order valence-electron chi connectivity index (χ3n) is 3.29. The van der Waals surface area contributed by atoms with Crippen LogP contribution in [0.2, 0.25) is 0 Å². The summed E-state index contributed by atoms with van der Waals surface area (Å²) in [5.74, 6) is 2.35. The summed E-state index contributed by atoms with van der Waals surface area (Å²) >= 11 is 2.13. The van der Waals surface area contributed by atoms with E-state index in [1.54, 1.807) is 0 Å². The second-order valence-corrected chi connectivity index (χ2v) is 5.87. The predicted octanol–water partition coefficient (Wildman–Crippen LogP) is 3.01. The van der Waals surface area contributed by atoms with E-state index in [1.807, 2.05) is 0 Å². The molecule has 2 unspecified atom stereocenters. The van der Waals surface area contributed by atoms with Crippen molar-refractivity contribution >= 4 is 11.8 Å². The van der Waals surface area contributed by atoms with Crippen molar-refractivity contribution in [1.29, 1.82) is 0 Å². The lowest BCUT2D eigenvalue weighted by Gasteiger charge is -2.24. The van der Waals surface area contributed by atoms with Crippen molar-refractivity contribution in [1.82, 2.24) is 5.32 Å². The van der Waals surface area contributed by atoms with Gasteiger partial charge in [-0.1, -0.05) is 32.1 Å². The van der Waals surface area contributed by atoms with Crippen molar-refractivity contribution in [3.05, 3.63) is 0 Å². The Morgan fingerprint density at radius 2 is 2.00 bits per heavy atom. The van der Waals surface area contributed by atoms with Crippen molar-refractivity contribution in [3.63, 3.8) is 0 Å². The second-order valence-electron chi connectivity index (χ2n) is 4.63. The molecule has 2 heteroatoms. The van der Waals surface area contributed by atoms with E-state index in [4.69, 9.17) is 0 Å². The van der Waals surface area contributed by atoms with E-state index >= 15 is 0 Å². The summed E-state index contributed by atoms with van der Waals surface area (Å²) in [5, 5.41) is 4.44. The van der Waals surface area contributed by atoms with Gasteiger partial charge in [0.1, 0.15) is 0 Å². The summed E-state index contributed by atoms with van der Waals surface area (Å²) in [6.45, 7) is 2.30. The van der Waals surface area contributed by atoms with Gasteiger partial charge in [-0.3, -0.25) is 0 Å². The first kappa shape index (κ1) is 9.85. The highest BCUT2D eigenvalue weighted by atomic mass is 32.2. The van der Waals surface area contributed by atoms with Gasteiger partial charge < -0.3 is 5.32 Å². The normalized spacial score (nSPS) is 36.7. The van der Waals surface area contributed by atoms with Gasteiger partial charge in [0, 0.05) is 11.8 Å². The van der Waals surface area contributed by atoms with Crippen LogP contribution in [0.15, 0.2) is 0 Å². The van der Waals surface area contributed by atoms with Gasteiger partial charge in [-0.15, -0.1) is 11.8 Å². The number of rotatable bonds is 2. The highest BCUT2D eigenvalue weighted by Gasteiger charge is 2.24. The van der Waals surface area contributed by atoms with E-state index < -0.39 is 0 Å². The fourth-order valence-electron chi connectivity index (χ4n) is 2.54. The van der Waals surface area contributed by atoms with Crippen molar-refractivity contribution in [2.75, 3.05) is 5.75 Å². The Bertz CT molecular complexity index is 151. The predicted molar refractivity (Wildman–Crippen MR) is 60.0 cm³/mol. The largest absolute Gasteiger partial charge is 0.302 e. The van der Waals surface area contributed by atoms with Crippen LogP contribution in [-0.4, -0.2) is 17.2 Å². The third-order valence-corrected chi connectivity index (χ3v) is 4.71. The molecular weight excluding hydrogens is 178 g/mol. The molecule has 1 aliphatic heterocycles. The summed E-state index contributed by atoms with van der Waals surface area (Å²) in [5.41, 5.74) is 0. The van der Waals surface area contributed by atoms with Gasteiger partial charge in [-0.05, 0) is 19.3 Å². The Balaban J connectivity index is 1.71. The van der Waals surface area contributed by atoms with E-state index in [0.717, 1.165) is 17.3 Å². The van der Waals surface area contributed by atoms with Crippen LogP contribution < -0.4 is 5.32 Å². The molecule has 1 saturated carbocycles. The lowest BCUT2D eigenvalue weighted by atomic mass is 9.87. The van der Waals surface area contributed by atoms with E-state index in [0.29, 0.717) is 0 Å². The van der Waals surface area contributed by atoms with Crippen molar-refractivity contribution in [2.24, 2.45) is 5.92 Å². The molecule has 2 atom stereocenters. The Hall–Kier alpha value is 0.310. The zero-order valence-electron chi connectivity index (χ0n) is 8.59. The number of nitrogens with one attached hydrogen (secondary N) is 1. The van der Waals surface area contributed by atoms with Crippen molar-refractivity contribution in [3.8, 4) is 0 Å². The minimum Gasteiger partial charge on any atom is -0.302 e. The lowest BCUT2D eigenvalue weighted by molar-refractivity contribution is 0.326. The van der Waals surface area contributed by atoms with Crippen LogP contribution in [0.4, 0.5) is 0 Å². The first-order chi connectivity index (χ1) is 6.34. The van der Waals surface area contributed by atoms with Gasteiger partial charge in [0.15, 0.2) is 0 Å². The number of thioether (sulfide) groups is 1. The Morgan fingerprint density at radius 1 is 1.23 bits per heavy atom. The van der Waals surface area contributed by atoms with Crippen molar-refractivity contribution < 1.29 is 0 Å². The maximum Gasteiger partial charge on any atom is 0.0537 e. The van der Waals surface area contributed by atoms with Gasteiger partial charge >= 0.3 is 0 Å². The van der Waals surface area contributed by atoms with Gasteiger partial charge in [0.05, 0.1) is 5.37 Å². The van der Waals surface area contributed by atoms with Crippen LogP contribution in [-0.2, 0) is 0 Å². The first-order valence-electron chi connectivity index (χ1n) is 5.72. The maximum atomic E-state index is 3.66. The van der Waals surface area contributed by atoms with Gasteiger partial charge in [-0.25, -0.2) is 0 Å². The topological polar surface area (TPSA) is 12.0 Å². The zero-order chi connectivity index (χ0) is 9.10. The smallest absolute Gasteiger partial charge is 0.0537 e. The highest BCUT2D eigenvalue weighted by molar-refractivity contribution is 8.00. The molecule has 0 radical (unpaired) electrons. The number of hydrogen-bond donors (Lipinski definition) is 1. The summed E-state index contributed by atoms with van der Waals surface area (Å²) in [7, 11) is 0. The van der Waals surface area contributed by atoms with E-state index in [-0.39, 0.29) is 0 Å². The zero-order valence-corrected chi connectivity index (χ0v) is 9.41. The molecule has 0 amide bonds. The average Bonchev–Trinajstić information content (AvgIpc) is 2.53. The molecule has 2 aliphatic rings. The molecular formula is C11H21NS. The molecule has 13 heavy (non-hydrogen) atoms. The molecule has 2 fully saturated rings. The Morgan fingerprint density at radius 3 is 2.62 bits per heavy atom. The number of hydrogen-bond acceptors (Lipinski definition) is 2. The molecule has 1 N–H and O–H groups in total. The van der Waals surface area contributed by atoms with Crippen LogP contribution in [0.1, 0.15) is 45.4 Å². The van der Waals surface area contributed by atoms with Crippen LogP contribution in [0.3, 0.4) is 0 Å². The average molecular weight is 199 g/mol. The third kappa shape index (κ3) is 2.88. The SMILES string of the molecule is CC1CSC(CC2CCCCC2)N1. The minimum absolute atomic E-state index is 0.749. The standard InChI is InChI=1S/C11H21NS/c1-9-8-13-11(12-9)7-10-5-3-2-4-6-10/h9-12H,2-8H2,1H3. The van der Waals surface area contributed by atoms with Crippen LogP contribution in [0, 0.1) is 5.92 Å². The van der Waals surface area contributed by atoms with E-state index in [9.17, 15) is 0 Å². The van der Waals surface area contributed by atoms with Gasteiger partial charge in [0.2, 0.25) is 0 Å². The van der Waals surface area contributed by atoms with Crippen LogP contribution in [0.25, 0.3) is 0 Å². The Kier molecular flexibility index (Phi) is 3.56. The van der Waals surface area contributed by atoms with Gasteiger partial charge in [-0.2, -0.15) is 0 Å². The summed E-state index contributed by atoms with van der Waals surface area (Å²) in [6.07, 6.45) is 8.86. The molecule has 2 rings (SSSR count). The summed E-state index contributed by atoms with van der Waals surface area (Å²) in [6, 6.07) is 0.749. The first-order valence-corrected chi connectivity index (χ1v) is 6.77. The molecule has 0 aromatic carbocycles. The monoisotopic (exact) mass is 199 g/mol. The summed E-state index contributed by atoms with van der Waals surface area (Å²) in [4.78, 5) is 0. The fourth-order valence-corrected chi connectivity index (χ4v) is 3.89. The van der Waals surface area contributed by atoms with Gasteiger partial charge in [0.25, 0.3) is 0 Å². The molecule has 76 valence electrons. The maximum absolute atomic E-state index is 3.66. The van der Waals surface area contributed by atoms with E-state index in [2.05, 4.69) is 24.0 Å². The molecule has 0 aromatic heterocycles. The van der Waals surface area contributed by atoms with Crippen LogP contribution in [0.5, 0.6) is 0 Å². The minimum atomic E-state index is 0.749. The molecule has 0 aromatic rings. The molecule has 0 bridgehead atoms. The lowest BCUT2D eigenvalue weighted by Crippen LogP contribution is -2.29. The fraction of sp³-hybridized carbons (Fsp3) is 1.00. The van der Waals surface area contributed by atoms with Crippen LogP contribution >= 0.6 is 11.8 Å². The highest BCUT2D eigenvalue weighted by Crippen LogP contribution is 2.32. The molecule has 1 saturated heterocycles. The molecule has 1 heterocycles.